The largest absolute Gasteiger partial charge is 0.372 e. The molecule has 1 aliphatic rings. The Morgan fingerprint density at radius 2 is 1.87 bits per heavy atom. The lowest BCUT2D eigenvalue weighted by molar-refractivity contribution is 0.122. The minimum Gasteiger partial charge on any atom is -0.372 e. The van der Waals surface area contributed by atoms with Crippen LogP contribution in [0.3, 0.4) is 0 Å². The van der Waals surface area contributed by atoms with Crippen molar-refractivity contribution < 1.29 is 9.63 Å². The summed E-state index contributed by atoms with van der Waals surface area (Å²) < 4.78 is 5.29. The Morgan fingerprint density at radius 3 is 2.65 bits per heavy atom. The molecule has 4 nitrogen and oxygen atoms in total. The molecule has 3 aromatic rings. The van der Waals surface area contributed by atoms with Crippen LogP contribution in [-0.4, -0.2) is 10.3 Å². The number of hydrogen-bond acceptors (Lipinski definition) is 4. The van der Waals surface area contributed by atoms with E-state index in [2.05, 4.69) is 16.5 Å². The molecule has 2 N–H and O–H groups in total. The second kappa shape index (κ2) is 5.49. The first-order valence-electron chi connectivity index (χ1n) is 7.40. The summed E-state index contributed by atoms with van der Waals surface area (Å²) in [6.07, 6.45) is -0.907. The molecule has 0 spiro atoms. The van der Waals surface area contributed by atoms with Gasteiger partial charge in [0.15, 0.2) is 6.23 Å². The molecule has 0 aliphatic carbocycles. The zero-order valence-electron chi connectivity index (χ0n) is 12.5. The Bertz CT molecular complexity index is 858. The van der Waals surface area contributed by atoms with E-state index in [0.717, 1.165) is 22.3 Å². The molecule has 2 unspecified atom stereocenters. The number of halogens is 1. The Hall–Kier alpha value is -2.14. The standard InChI is InChI=1S/C18H15ClN2O2/c1-10-15-13-4-2-3-5-14(13)16(11-6-8-12(19)9-7-11)20-18(22)17(15)21-23-10/h2-9,16,18,20,22H,1H3. The SMILES string of the molecule is Cc1onc2c1-c1ccccc1C(c1ccc(Cl)cc1)NC2O. The zero-order chi connectivity index (χ0) is 16.0. The van der Waals surface area contributed by atoms with Crippen molar-refractivity contribution in [3.05, 3.63) is 76.1 Å². The van der Waals surface area contributed by atoms with Crippen LogP contribution in [-0.2, 0) is 0 Å². The van der Waals surface area contributed by atoms with E-state index in [1.54, 1.807) is 0 Å². The Kier molecular flexibility index (Phi) is 3.45. The molecule has 0 bridgehead atoms. The quantitative estimate of drug-likeness (QED) is 0.710. The lowest BCUT2D eigenvalue weighted by atomic mass is 9.92. The second-order valence-corrected chi connectivity index (χ2v) is 6.08. The van der Waals surface area contributed by atoms with Gasteiger partial charge in [0.25, 0.3) is 0 Å². The molecule has 4 rings (SSSR count). The number of fused-ring (bicyclic) bond motifs is 3. The Morgan fingerprint density at radius 1 is 1.13 bits per heavy atom. The number of benzene rings is 2. The van der Waals surface area contributed by atoms with Crippen molar-refractivity contribution in [1.29, 1.82) is 0 Å². The van der Waals surface area contributed by atoms with Crippen LogP contribution in [0.4, 0.5) is 0 Å². The first kappa shape index (κ1) is 14.5. The van der Waals surface area contributed by atoms with Gasteiger partial charge in [0.05, 0.1) is 11.6 Å². The number of aromatic nitrogens is 1. The number of nitrogens with one attached hydrogen (secondary N) is 1. The van der Waals surface area contributed by atoms with Crippen LogP contribution in [0.15, 0.2) is 53.1 Å². The number of aryl methyl sites for hydroxylation is 1. The van der Waals surface area contributed by atoms with Gasteiger partial charge in [-0.1, -0.05) is 53.2 Å². The molecule has 116 valence electrons. The number of hydrogen-bond donors (Lipinski definition) is 2. The summed E-state index contributed by atoms with van der Waals surface area (Å²) in [5.74, 6) is 0.699. The number of nitrogens with zero attached hydrogens (tertiary/aromatic N) is 1. The smallest absolute Gasteiger partial charge is 0.153 e. The highest BCUT2D eigenvalue weighted by molar-refractivity contribution is 6.30. The van der Waals surface area contributed by atoms with Crippen molar-refractivity contribution in [2.75, 3.05) is 0 Å². The van der Waals surface area contributed by atoms with Gasteiger partial charge in [-0.3, -0.25) is 5.32 Å². The topological polar surface area (TPSA) is 58.3 Å². The van der Waals surface area contributed by atoms with Crippen LogP contribution in [0.25, 0.3) is 11.1 Å². The van der Waals surface area contributed by atoms with Crippen molar-refractivity contribution in [3.63, 3.8) is 0 Å². The summed E-state index contributed by atoms with van der Waals surface area (Å²) in [5.41, 5.74) is 4.49. The summed E-state index contributed by atoms with van der Waals surface area (Å²) in [6, 6.07) is 15.5. The maximum Gasteiger partial charge on any atom is 0.153 e. The zero-order valence-corrected chi connectivity index (χ0v) is 13.2. The summed E-state index contributed by atoms with van der Waals surface area (Å²) >= 11 is 6.00. The average molecular weight is 327 g/mol. The third kappa shape index (κ3) is 2.36. The monoisotopic (exact) mass is 326 g/mol. The predicted molar refractivity (Wildman–Crippen MR) is 88.1 cm³/mol. The van der Waals surface area contributed by atoms with Gasteiger partial charge in [-0.15, -0.1) is 0 Å². The number of aliphatic hydroxyl groups excluding tert-OH is 1. The molecule has 0 amide bonds. The van der Waals surface area contributed by atoms with Gasteiger partial charge in [-0.2, -0.15) is 0 Å². The first-order chi connectivity index (χ1) is 11.1. The van der Waals surface area contributed by atoms with Crippen molar-refractivity contribution >= 4 is 11.6 Å². The summed E-state index contributed by atoms with van der Waals surface area (Å²) in [7, 11) is 0. The molecule has 0 saturated carbocycles. The normalized spacial score (nSPS) is 19.8. The van der Waals surface area contributed by atoms with E-state index in [9.17, 15) is 5.11 Å². The molecule has 0 radical (unpaired) electrons. The minimum atomic E-state index is -0.907. The van der Waals surface area contributed by atoms with Crippen LogP contribution in [0.5, 0.6) is 0 Å². The van der Waals surface area contributed by atoms with Crippen LogP contribution < -0.4 is 5.32 Å². The molecule has 5 heteroatoms. The molecule has 2 heterocycles. The number of rotatable bonds is 1. The van der Waals surface area contributed by atoms with Crippen LogP contribution >= 0.6 is 11.6 Å². The second-order valence-electron chi connectivity index (χ2n) is 5.64. The van der Waals surface area contributed by atoms with Crippen molar-refractivity contribution in [2.24, 2.45) is 0 Å². The van der Waals surface area contributed by atoms with Gasteiger partial charge in [-0.25, -0.2) is 0 Å². The lowest BCUT2D eigenvalue weighted by Gasteiger charge is -2.21. The molecule has 2 atom stereocenters. The highest BCUT2D eigenvalue weighted by Crippen LogP contribution is 2.41. The van der Waals surface area contributed by atoms with Crippen molar-refractivity contribution in [1.82, 2.24) is 10.5 Å². The van der Waals surface area contributed by atoms with E-state index in [4.69, 9.17) is 16.1 Å². The average Bonchev–Trinajstić information content (AvgIpc) is 2.89. The van der Waals surface area contributed by atoms with Gasteiger partial charge in [0, 0.05) is 5.02 Å². The maximum atomic E-state index is 10.6. The highest BCUT2D eigenvalue weighted by Gasteiger charge is 2.31. The van der Waals surface area contributed by atoms with Gasteiger partial charge in [-0.05, 0) is 35.7 Å². The maximum absolute atomic E-state index is 10.6. The van der Waals surface area contributed by atoms with Gasteiger partial charge in [0.2, 0.25) is 0 Å². The Labute approximate surface area is 138 Å². The third-order valence-electron chi connectivity index (χ3n) is 4.22. The van der Waals surface area contributed by atoms with Crippen LogP contribution in [0.2, 0.25) is 5.02 Å². The fraction of sp³-hybridized carbons (Fsp3) is 0.167. The van der Waals surface area contributed by atoms with E-state index < -0.39 is 6.23 Å². The minimum absolute atomic E-state index is 0.160. The molecular formula is C18H15ClN2O2. The molecule has 23 heavy (non-hydrogen) atoms. The van der Waals surface area contributed by atoms with Gasteiger partial charge in [0.1, 0.15) is 11.5 Å². The van der Waals surface area contributed by atoms with Crippen molar-refractivity contribution in [3.8, 4) is 11.1 Å². The van der Waals surface area contributed by atoms with E-state index in [1.807, 2.05) is 49.4 Å². The van der Waals surface area contributed by atoms with Crippen LogP contribution in [0.1, 0.15) is 34.9 Å². The van der Waals surface area contributed by atoms with Crippen molar-refractivity contribution in [2.45, 2.75) is 19.2 Å². The van der Waals surface area contributed by atoms with Crippen LogP contribution in [0, 0.1) is 6.92 Å². The summed E-state index contributed by atoms with van der Waals surface area (Å²) in [5, 5.41) is 18.5. The van der Waals surface area contributed by atoms with E-state index in [0.29, 0.717) is 16.5 Å². The fourth-order valence-electron chi connectivity index (χ4n) is 3.14. The molecule has 1 aromatic heterocycles. The fourth-order valence-corrected chi connectivity index (χ4v) is 3.26. The molecule has 1 aliphatic heterocycles. The van der Waals surface area contributed by atoms with E-state index in [-0.39, 0.29) is 6.04 Å². The summed E-state index contributed by atoms with van der Waals surface area (Å²) in [4.78, 5) is 0. The molecule has 0 fully saturated rings. The third-order valence-corrected chi connectivity index (χ3v) is 4.47. The highest BCUT2D eigenvalue weighted by atomic mass is 35.5. The Balaban J connectivity index is 1.93. The lowest BCUT2D eigenvalue weighted by Crippen LogP contribution is -2.26. The molecular weight excluding hydrogens is 312 g/mol. The molecule has 0 saturated heterocycles. The first-order valence-corrected chi connectivity index (χ1v) is 7.78. The van der Waals surface area contributed by atoms with E-state index in [1.165, 1.54) is 0 Å². The van der Waals surface area contributed by atoms with Gasteiger partial charge < -0.3 is 9.63 Å². The molecule has 2 aromatic carbocycles. The number of aliphatic hydroxyl groups is 1. The van der Waals surface area contributed by atoms with Gasteiger partial charge >= 0.3 is 0 Å². The predicted octanol–water partition coefficient (Wildman–Crippen LogP) is 3.99. The summed E-state index contributed by atoms with van der Waals surface area (Å²) in [6.45, 7) is 1.86. The van der Waals surface area contributed by atoms with E-state index >= 15 is 0 Å².